The third-order valence-corrected chi connectivity index (χ3v) is 6.60. The lowest BCUT2D eigenvalue weighted by Gasteiger charge is -2.10. The van der Waals surface area contributed by atoms with Gasteiger partial charge in [0.25, 0.3) is 0 Å². The summed E-state index contributed by atoms with van der Waals surface area (Å²) in [5.41, 5.74) is 2.19. The zero-order valence-electron chi connectivity index (χ0n) is 17.6. The van der Waals surface area contributed by atoms with Crippen LogP contribution in [-0.2, 0) is 12.3 Å². The average Bonchev–Trinajstić information content (AvgIpc) is 3.45. The molecule has 0 atom stereocenters. The summed E-state index contributed by atoms with van der Waals surface area (Å²) in [4.78, 5) is 4.76. The molecule has 0 aliphatic heterocycles. The first-order valence-electron chi connectivity index (χ1n) is 9.73. The first-order chi connectivity index (χ1) is 15.7. The largest absolute Gasteiger partial charge is 0.493 e. The molecule has 2 aromatic heterocycles. The molecule has 0 fully saturated rings. The Balaban J connectivity index is 1.56. The topological polar surface area (TPSA) is 62.1 Å². The van der Waals surface area contributed by atoms with Crippen LogP contribution in [0.15, 0.2) is 65.7 Å². The van der Waals surface area contributed by atoms with Crippen LogP contribution in [0.1, 0.15) is 5.69 Å². The van der Waals surface area contributed by atoms with Crippen LogP contribution >= 0.6 is 23.1 Å². The third-order valence-electron chi connectivity index (χ3n) is 4.68. The van der Waals surface area contributed by atoms with Gasteiger partial charge in [0.05, 0.1) is 31.0 Å². The molecule has 0 amide bonds. The minimum Gasteiger partial charge on any atom is -0.493 e. The maximum atomic E-state index is 14.3. The van der Waals surface area contributed by atoms with Gasteiger partial charge in [-0.3, -0.25) is 4.57 Å². The Morgan fingerprint density at radius 1 is 1.09 bits per heavy atom. The SMILES string of the molecule is C=CCn1c(SCc2csc(-c3cccc(OC)c3OC)n2)nnc1-c1ccccc1F. The highest BCUT2D eigenvalue weighted by Gasteiger charge is 2.18. The second kappa shape index (κ2) is 9.97. The number of hydrogen-bond donors (Lipinski definition) is 0. The molecule has 0 unspecified atom stereocenters. The number of thiazole rings is 1. The van der Waals surface area contributed by atoms with Gasteiger partial charge in [-0.05, 0) is 24.3 Å². The molecule has 6 nitrogen and oxygen atoms in total. The highest BCUT2D eigenvalue weighted by Crippen LogP contribution is 2.39. The van der Waals surface area contributed by atoms with Crippen molar-refractivity contribution in [1.82, 2.24) is 19.7 Å². The fraction of sp³-hybridized carbons (Fsp3) is 0.174. The van der Waals surface area contributed by atoms with Crippen LogP contribution in [0.5, 0.6) is 11.5 Å². The van der Waals surface area contributed by atoms with Crippen LogP contribution in [0.25, 0.3) is 22.0 Å². The van der Waals surface area contributed by atoms with E-state index in [-0.39, 0.29) is 5.82 Å². The summed E-state index contributed by atoms with van der Waals surface area (Å²) in [7, 11) is 3.23. The Labute approximate surface area is 193 Å². The number of aromatic nitrogens is 4. The van der Waals surface area contributed by atoms with Crippen molar-refractivity contribution in [2.24, 2.45) is 0 Å². The summed E-state index contributed by atoms with van der Waals surface area (Å²) in [5, 5.41) is 12.0. The van der Waals surface area contributed by atoms with Gasteiger partial charge in [-0.2, -0.15) is 0 Å². The second-order valence-corrected chi connectivity index (χ2v) is 8.46. The van der Waals surface area contributed by atoms with Gasteiger partial charge in [0.1, 0.15) is 10.8 Å². The standard InChI is InChI=1S/C23H21FN4O2S2/c1-4-12-28-21(16-8-5-6-10-18(16)24)26-27-23(28)32-14-15-13-31-22(25-15)17-9-7-11-19(29-2)20(17)30-3/h4-11,13H,1,12,14H2,2-3H3. The van der Waals surface area contributed by atoms with E-state index in [1.165, 1.54) is 29.2 Å². The normalized spacial score (nSPS) is 10.8. The first-order valence-corrected chi connectivity index (χ1v) is 11.6. The maximum Gasteiger partial charge on any atom is 0.192 e. The van der Waals surface area contributed by atoms with Crippen molar-refractivity contribution >= 4 is 23.1 Å². The number of para-hydroxylation sites is 1. The molecule has 4 aromatic rings. The number of hydrogen-bond acceptors (Lipinski definition) is 7. The molecule has 4 rings (SSSR count). The smallest absolute Gasteiger partial charge is 0.192 e. The van der Waals surface area contributed by atoms with Gasteiger partial charge < -0.3 is 9.47 Å². The van der Waals surface area contributed by atoms with Gasteiger partial charge in [-0.25, -0.2) is 9.37 Å². The second-order valence-electron chi connectivity index (χ2n) is 6.66. The number of ether oxygens (including phenoxy) is 2. The molecular formula is C23H21FN4O2S2. The molecule has 0 N–H and O–H groups in total. The van der Waals surface area contributed by atoms with E-state index in [1.807, 2.05) is 28.1 Å². The average molecular weight is 469 g/mol. The lowest BCUT2D eigenvalue weighted by Crippen LogP contribution is -2.01. The minimum atomic E-state index is -0.335. The molecule has 32 heavy (non-hydrogen) atoms. The van der Waals surface area contributed by atoms with E-state index in [2.05, 4.69) is 16.8 Å². The molecule has 0 saturated heterocycles. The molecule has 0 bridgehead atoms. The van der Waals surface area contributed by atoms with Crippen molar-refractivity contribution in [1.29, 1.82) is 0 Å². The Bertz CT molecular complexity index is 1240. The van der Waals surface area contributed by atoms with E-state index in [0.717, 1.165) is 16.3 Å². The number of thioether (sulfide) groups is 1. The summed E-state index contributed by atoms with van der Waals surface area (Å²) in [5.74, 6) is 2.05. The van der Waals surface area contributed by atoms with E-state index < -0.39 is 0 Å². The summed E-state index contributed by atoms with van der Waals surface area (Å²) in [6, 6.07) is 12.3. The van der Waals surface area contributed by atoms with Crippen molar-refractivity contribution in [3.63, 3.8) is 0 Å². The van der Waals surface area contributed by atoms with Crippen LogP contribution in [-0.4, -0.2) is 34.0 Å². The molecule has 0 aliphatic carbocycles. The number of allylic oxidation sites excluding steroid dienone is 1. The van der Waals surface area contributed by atoms with Gasteiger partial charge >= 0.3 is 0 Å². The monoisotopic (exact) mass is 468 g/mol. The molecule has 0 saturated carbocycles. The zero-order valence-corrected chi connectivity index (χ0v) is 19.3. The summed E-state index contributed by atoms with van der Waals surface area (Å²) < 4.78 is 27.1. The van der Waals surface area contributed by atoms with Crippen LogP contribution in [0.4, 0.5) is 4.39 Å². The van der Waals surface area contributed by atoms with E-state index in [1.54, 1.807) is 38.5 Å². The maximum absolute atomic E-state index is 14.3. The van der Waals surface area contributed by atoms with Crippen molar-refractivity contribution in [3.8, 4) is 33.5 Å². The number of nitrogens with zero attached hydrogens (tertiary/aromatic N) is 4. The van der Waals surface area contributed by atoms with Crippen molar-refractivity contribution in [2.75, 3.05) is 14.2 Å². The van der Waals surface area contributed by atoms with Gasteiger partial charge in [0.2, 0.25) is 0 Å². The molecule has 0 aliphatic rings. The number of halogens is 1. The Kier molecular flexibility index (Phi) is 6.87. The van der Waals surface area contributed by atoms with Crippen LogP contribution < -0.4 is 9.47 Å². The van der Waals surface area contributed by atoms with Crippen molar-refractivity contribution in [2.45, 2.75) is 17.5 Å². The van der Waals surface area contributed by atoms with Crippen LogP contribution in [0.2, 0.25) is 0 Å². The summed E-state index contributed by atoms with van der Waals surface area (Å²) in [6.07, 6.45) is 1.74. The van der Waals surface area contributed by atoms with Gasteiger partial charge in [-0.15, -0.1) is 28.1 Å². The summed E-state index contributed by atoms with van der Waals surface area (Å²) >= 11 is 3.03. The van der Waals surface area contributed by atoms with Gasteiger partial charge in [0.15, 0.2) is 22.5 Å². The Morgan fingerprint density at radius 3 is 2.66 bits per heavy atom. The highest BCUT2D eigenvalue weighted by atomic mass is 32.2. The molecule has 0 spiro atoms. The Hall–Kier alpha value is -3.17. The molecule has 164 valence electrons. The number of methoxy groups -OCH3 is 2. The fourth-order valence-electron chi connectivity index (χ4n) is 3.22. The van der Waals surface area contributed by atoms with Gasteiger partial charge in [-0.1, -0.05) is 36.0 Å². The lowest BCUT2D eigenvalue weighted by molar-refractivity contribution is 0.356. The van der Waals surface area contributed by atoms with Crippen LogP contribution in [0.3, 0.4) is 0 Å². The van der Waals surface area contributed by atoms with E-state index in [4.69, 9.17) is 14.5 Å². The highest BCUT2D eigenvalue weighted by molar-refractivity contribution is 7.98. The molecule has 2 heterocycles. The van der Waals surface area contributed by atoms with Crippen LogP contribution in [0, 0.1) is 5.82 Å². The predicted molar refractivity (Wildman–Crippen MR) is 126 cm³/mol. The number of rotatable bonds is 9. The molecule has 9 heteroatoms. The molecule has 0 radical (unpaired) electrons. The fourth-order valence-corrected chi connectivity index (χ4v) is 5.01. The van der Waals surface area contributed by atoms with Gasteiger partial charge in [0, 0.05) is 17.7 Å². The summed E-state index contributed by atoms with van der Waals surface area (Å²) in [6.45, 7) is 4.28. The Morgan fingerprint density at radius 2 is 1.91 bits per heavy atom. The first kappa shape index (κ1) is 22.0. The third kappa shape index (κ3) is 4.39. The minimum absolute atomic E-state index is 0.335. The van der Waals surface area contributed by atoms with Crippen molar-refractivity contribution < 1.29 is 13.9 Å². The molecule has 2 aromatic carbocycles. The van der Waals surface area contributed by atoms with E-state index >= 15 is 0 Å². The predicted octanol–water partition coefficient (Wildman–Crippen LogP) is 5.70. The van der Waals surface area contributed by atoms with Crippen molar-refractivity contribution in [3.05, 3.63) is 72.0 Å². The lowest BCUT2D eigenvalue weighted by atomic mass is 10.2. The van der Waals surface area contributed by atoms with E-state index in [9.17, 15) is 4.39 Å². The van der Waals surface area contributed by atoms with E-state index in [0.29, 0.717) is 40.3 Å². The zero-order chi connectivity index (χ0) is 22.5. The quantitative estimate of drug-likeness (QED) is 0.232. The molecular weight excluding hydrogens is 447 g/mol. The number of benzene rings is 2.